The number of thiophene rings is 1. The van der Waals surface area contributed by atoms with Gasteiger partial charge in [0, 0.05) is 16.3 Å². The molecule has 80 valence electrons. The van der Waals surface area contributed by atoms with Crippen LogP contribution in [0.3, 0.4) is 0 Å². The molecule has 0 unspecified atom stereocenters. The summed E-state index contributed by atoms with van der Waals surface area (Å²) in [7, 11) is 0. The van der Waals surface area contributed by atoms with E-state index in [0.29, 0.717) is 4.88 Å². The van der Waals surface area contributed by atoms with E-state index in [4.69, 9.17) is 5.11 Å². The van der Waals surface area contributed by atoms with Gasteiger partial charge in [0.1, 0.15) is 9.71 Å². The van der Waals surface area contributed by atoms with E-state index in [9.17, 15) is 4.79 Å². The summed E-state index contributed by atoms with van der Waals surface area (Å²) < 4.78 is 0. The fraction of sp³-hybridized carbons (Fsp3) is 0.0833. The number of aromatic nitrogens is 1. The third kappa shape index (κ3) is 1.23. The number of hydrogen-bond donors (Lipinski definition) is 2. The first-order valence-corrected chi connectivity index (χ1v) is 5.72. The summed E-state index contributed by atoms with van der Waals surface area (Å²) in [6.07, 6.45) is 0. The molecule has 0 spiro atoms. The summed E-state index contributed by atoms with van der Waals surface area (Å²) in [5, 5.41) is 11.0. The van der Waals surface area contributed by atoms with Gasteiger partial charge in [0.2, 0.25) is 0 Å². The molecule has 0 fully saturated rings. The molecule has 2 aromatic heterocycles. The average Bonchev–Trinajstić information content (AvgIpc) is 2.75. The van der Waals surface area contributed by atoms with Crippen molar-refractivity contribution in [3.05, 3.63) is 34.7 Å². The van der Waals surface area contributed by atoms with E-state index in [0.717, 1.165) is 21.1 Å². The molecule has 0 amide bonds. The fourth-order valence-electron chi connectivity index (χ4n) is 1.90. The number of H-pyrrole nitrogens is 1. The van der Waals surface area contributed by atoms with Crippen LogP contribution < -0.4 is 0 Å². The smallest absolute Gasteiger partial charge is 0.345 e. The second-order valence-corrected chi connectivity index (χ2v) is 4.88. The van der Waals surface area contributed by atoms with Gasteiger partial charge in [0.15, 0.2) is 0 Å². The van der Waals surface area contributed by atoms with Crippen LogP contribution in [0, 0.1) is 6.92 Å². The topological polar surface area (TPSA) is 53.1 Å². The van der Waals surface area contributed by atoms with Crippen LogP contribution >= 0.6 is 11.3 Å². The Morgan fingerprint density at radius 3 is 2.88 bits per heavy atom. The van der Waals surface area contributed by atoms with Crippen molar-refractivity contribution in [2.24, 2.45) is 0 Å². The van der Waals surface area contributed by atoms with Gasteiger partial charge in [0.05, 0.1) is 0 Å². The number of carboxylic acids is 1. The molecule has 2 N–H and O–H groups in total. The Balaban J connectivity index is 2.40. The van der Waals surface area contributed by atoms with Crippen LogP contribution in [0.4, 0.5) is 0 Å². The molecule has 1 aromatic carbocycles. The van der Waals surface area contributed by atoms with Gasteiger partial charge in [-0.1, -0.05) is 11.6 Å². The highest BCUT2D eigenvalue weighted by atomic mass is 32.1. The highest BCUT2D eigenvalue weighted by Crippen LogP contribution is 2.32. The number of carbonyl (C=O) groups is 1. The summed E-state index contributed by atoms with van der Waals surface area (Å²) in [5.41, 5.74) is 2.24. The van der Waals surface area contributed by atoms with Gasteiger partial charge in [-0.05, 0) is 25.1 Å². The third-order valence-corrected chi connectivity index (χ3v) is 3.69. The van der Waals surface area contributed by atoms with Gasteiger partial charge >= 0.3 is 5.97 Å². The predicted octanol–water partition coefficient (Wildman–Crippen LogP) is 3.39. The van der Waals surface area contributed by atoms with Crippen molar-refractivity contribution in [2.45, 2.75) is 6.92 Å². The Bertz CT molecular complexity index is 708. The zero-order valence-electron chi connectivity index (χ0n) is 8.57. The largest absolute Gasteiger partial charge is 0.477 e. The number of aryl methyl sites for hydroxylation is 1. The number of fused-ring (bicyclic) bond motifs is 3. The van der Waals surface area contributed by atoms with Crippen LogP contribution in [-0.2, 0) is 0 Å². The molecular formula is C12H9NO2S. The summed E-state index contributed by atoms with van der Waals surface area (Å²) in [4.78, 5) is 15.4. The number of carboxylic acid groups (broad SMARTS) is 1. The first kappa shape index (κ1) is 9.42. The number of benzene rings is 1. The van der Waals surface area contributed by atoms with Gasteiger partial charge in [-0.25, -0.2) is 4.79 Å². The normalized spacial score (nSPS) is 11.3. The minimum atomic E-state index is -0.865. The van der Waals surface area contributed by atoms with Crippen molar-refractivity contribution in [3.8, 4) is 0 Å². The Hall–Kier alpha value is -1.81. The van der Waals surface area contributed by atoms with Crippen LogP contribution in [0.15, 0.2) is 24.3 Å². The zero-order valence-corrected chi connectivity index (χ0v) is 9.39. The monoisotopic (exact) mass is 231 g/mol. The second-order valence-electron chi connectivity index (χ2n) is 3.83. The molecule has 3 rings (SSSR count). The lowest BCUT2D eigenvalue weighted by atomic mass is 10.1. The summed E-state index contributed by atoms with van der Waals surface area (Å²) in [6, 6.07) is 7.88. The number of nitrogens with one attached hydrogen (secondary N) is 1. The maximum atomic E-state index is 10.9. The lowest BCUT2D eigenvalue weighted by Crippen LogP contribution is -1.89. The Labute approximate surface area is 95.3 Å². The van der Waals surface area contributed by atoms with Gasteiger partial charge in [-0.2, -0.15) is 0 Å². The molecule has 3 aromatic rings. The molecule has 2 heterocycles. The van der Waals surface area contributed by atoms with Crippen molar-refractivity contribution in [3.63, 3.8) is 0 Å². The van der Waals surface area contributed by atoms with E-state index < -0.39 is 5.97 Å². The quantitative estimate of drug-likeness (QED) is 0.674. The lowest BCUT2D eigenvalue weighted by molar-refractivity contribution is 0.0702. The molecule has 16 heavy (non-hydrogen) atoms. The summed E-state index contributed by atoms with van der Waals surface area (Å²) in [5.74, 6) is -0.865. The average molecular weight is 231 g/mol. The lowest BCUT2D eigenvalue weighted by Gasteiger charge is -1.92. The molecule has 0 aliphatic rings. The van der Waals surface area contributed by atoms with Crippen molar-refractivity contribution >= 4 is 38.4 Å². The Kier molecular flexibility index (Phi) is 1.82. The molecule has 0 saturated heterocycles. The first-order chi connectivity index (χ1) is 7.65. The Morgan fingerprint density at radius 1 is 1.31 bits per heavy atom. The fourth-order valence-corrected chi connectivity index (χ4v) is 2.83. The summed E-state index contributed by atoms with van der Waals surface area (Å²) >= 11 is 1.28. The molecule has 0 aliphatic carbocycles. The van der Waals surface area contributed by atoms with Crippen LogP contribution in [0.2, 0.25) is 0 Å². The Morgan fingerprint density at radius 2 is 2.12 bits per heavy atom. The van der Waals surface area contributed by atoms with E-state index in [1.54, 1.807) is 6.07 Å². The maximum absolute atomic E-state index is 10.9. The van der Waals surface area contributed by atoms with E-state index in [1.807, 2.05) is 19.1 Å². The van der Waals surface area contributed by atoms with E-state index >= 15 is 0 Å². The van der Waals surface area contributed by atoms with Gasteiger partial charge in [-0.15, -0.1) is 11.3 Å². The molecule has 0 atom stereocenters. The van der Waals surface area contributed by atoms with Crippen molar-refractivity contribution in [1.82, 2.24) is 4.98 Å². The molecule has 0 saturated carbocycles. The molecule has 0 bridgehead atoms. The first-order valence-electron chi connectivity index (χ1n) is 4.90. The van der Waals surface area contributed by atoms with Gasteiger partial charge in [0.25, 0.3) is 0 Å². The van der Waals surface area contributed by atoms with Crippen molar-refractivity contribution < 1.29 is 9.90 Å². The van der Waals surface area contributed by atoms with E-state index in [2.05, 4.69) is 11.1 Å². The SMILES string of the molecule is Cc1ccc2[nH]c3sc(C(=O)O)cc3c2c1. The zero-order chi connectivity index (χ0) is 11.3. The van der Waals surface area contributed by atoms with Gasteiger partial charge < -0.3 is 10.1 Å². The molecular weight excluding hydrogens is 222 g/mol. The highest BCUT2D eigenvalue weighted by Gasteiger charge is 2.12. The number of aromatic amines is 1. The second kappa shape index (κ2) is 3.09. The standard InChI is InChI=1S/C12H9NO2S/c1-6-2-3-9-7(4-6)8-5-10(12(14)15)16-11(8)13-9/h2-5,13H,1H3,(H,14,15). The maximum Gasteiger partial charge on any atom is 0.345 e. The van der Waals surface area contributed by atoms with Crippen molar-refractivity contribution in [2.75, 3.05) is 0 Å². The predicted molar refractivity (Wildman–Crippen MR) is 65.4 cm³/mol. The van der Waals surface area contributed by atoms with E-state index in [1.165, 1.54) is 16.9 Å². The van der Waals surface area contributed by atoms with Crippen LogP contribution in [0.1, 0.15) is 15.2 Å². The molecule has 3 nitrogen and oxygen atoms in total. The van der Waals surface area contributed by atoms with Crippen LogP contribution in [0.5, 0.6) is 0 Å². The van der Waals surface area contributed by atoms with Crippen molar-refractivity contribution in [1.29, 1.82) is 0 Å². The van der Waals surface area contributed by atoms with Crippen LogP contribution in [-0.4, -0.2) is 16.1 Å². The van der Waals surface area contributed by atoms with Crippen LogP contribution in [0.25, 0.3) is 21.1 Å². The number of rotatable bonds is 1. The molecule has 4 heteroatoms. The number of hydrogen-bond acceptors (Lipinski definition) is 2. The third-order valence-electron chi connectivity index (χ3n) is 2.66. The summed E-state index contributed by atoms with van der Waals surface area (Å²) in [6.45, 7) is 2.03. The van der Waals surface area contributed by atoms with Gasteiger partial charge in [-0.3, -0.25) is 0 Å². The van der Waals surface area contributed by atoms with E-state index in [-0.39, 0.29) is 0 Å². The minimum Gasteiger partial charge on any atom is -0.477 e. The number of aromatic carboxylic acids is 1. The molecule has 0 radical (unpaired) electrons. The minimum absolute atomic E-state index is 0.379. The molecule has 0 aliphatic heterocycles. The highest BCUT2D eigenvalue weighted by molar-refractivity contribution is 7.20.